The molecular formula is C14H15NO3S. The van der Waals surface area contributed by atoms with Gasteiger partial charge in [-0.1, -0.05) is 30.8 Å². The van der Waals surface area contributed by atoms with Crippen molar-refractivity contribution in [2.75, 3.05) is 12.4 Å². The fourth-order valence-corrected chi connectivity index (χ4v) is 2.72. The van der Waals surface area contributed by atoms with Gasteiger partial charge in [0.25, 0.3) is 0 Å². The van der Waals surface area contributed by atoms with E-state index in [1.54, 1.807) is 13.0 Å². The molecule has 0 fully saturated rings. The average molecular weight is 277 g/mol. The van der Waals surface area contributed by atoms with Crippen LogP contribution < -0.4 is 0 Å². The smallest absolute Gasteiger partial charge is 0.332 e. The molecule has 0 saturated heterocycles. The lowest BCUT2D eigenvalue weighted by atomic mass is 9.95. The summed E-state index contributed by atoms with van der Waals surface area (Å²) in [7, 11) is 0. The quantitative estimate of drug-likeness (QED) is 0.586. The van der Waals surface area contributed by atoms with Crippen molar-refractivity contribution in [2.45, 2.75) is 13.8 Å². The Morgan fingerprint density at radius 3 is 3.16 bits per heavy atom. The zero-order valence-electron chi connectivity index (χ0n) is 10.9. The second kappa shape index (κ2) is 6.02. The van der Waals surface area contributed by atoms with Crippen molar-refractivity contribution in [2.24, 2.45) is 10.9 Å². The third-order valence-electron chi connectivity index (χ3n) is 2.75. The van der Waals surface area contributed by atoms with E-state index in [0.717, 1.165) is 0 Å². The van der Waals surface area contributed by atoms with Crippen molar-refractivity contribution >= 4 is 28.6 Å². The van der Waals surface area contributed by atoms with Crippen LogP contribution >= 0.6 is 11.8 Å². The number of ketones is 1. The number of ether oxygens (including phenoxy) is 1. The molecule has 4 nitrogen and oxygen atoms in total. The van der Waals surface area contributed by atoms with Gasteiger partial charge in [-0.2, -0.15) is 0 Å². The summed E-state index contributed by atoms with van der Waals surface area (Å²) < 4.78 is 4.84. The first-order chi connectivity index (χ1) is 9.11. The fourth-order valence-electron chi connectivity index (χ4n) is 1.78. The number of carbonyl (C=O) groups is 2. The van der Waals surface area contributed by atoms with Crippen molar-refractivity contribution in [3.05, 3.63) is 35.6 Å². The third kappa shape index (κ3) is 3.23. The van der Waals surface area contributed by atoms with E-state index >= 15 is 0 Å². The lowest BCUT2D eigenvalue weighted by molar-refractivity contribution is -0.137. The van der Waals surface area contributed by atoms with Crippen molar-refractivity contribution in [1.29, 1.82) is 0 Å². The molecule has 0 aromatic carbocycles. The summed E-state index contributed by atoms with van der Waals surface area (Å²) in [5.41, 5.74) is 1.28. The zero-order valence-corrected chi connectivity index (χ0v) is 11.7. The summed E-state index contributed by atoms with van der Waals surface area (Å²) >= 11 is 1.47. The Morgan fingerprint density at radius 1 is 1.63 bits per heavy atom. The number of hydrogen-bond acceptors (Lipinski definition) is 5. The van der Waals surface area contributed by atoms with Crippen LogP contribution in [0.4, 0.5) is 0 Å². The van der Waals surface area contributed by atoms with Crippen LogP contribution in [-0.2, 0) is 14.3 Å². The maximum absolute atomic E-state index is 12.0. The Morgan fingerprint density at radius 2 is 2.42 bits per heavy atom. The van der Waals surface area contributed by atoms with Gasteiger partial charge in [0.2, 0.25) is 0 Å². The molecule has 1 atom stereocenters. The summed E-state index contributed by atoms with van der Waals surface area (Å²) in [6.07, 6.45) is 6.90. The average Bonchev–Trinajstić information content (AvgIpc) is 2.81. The minimum atomic E-state index is -0.389. The van der Waals surface area contributed by atoms with Crippen LogP contribution in [0.15, 0.2) is 40.6 Å². The maximum Gasteiger partial charge on any atom is 0.332 e. The Balaban J connectivity index is 2.16. The summed E-state index contributed by atoms with van der Waals surface area (Å²) in [6, 6.07) is 0. The second-order valence-electron chi connectivity index (χ2n) is 4.21. The highest BCUT2D eigenvalue weighted by Gasteiger charge is 2.25. The van der Waals surface area contributed by atoms with E-state index < -0.39 is 0 Å². The molecular weight excluding hydrogens is 262 g/mol. The number of hydrogen-bond donors (Lipinski definition) is 0. The molecule has 100 valence electrons. The monoisotopic (exact) mass is 277 g/mol. The summed E-state index contributed by atoms with van der Waals surface area (Å²) in [5, 5.41) is 0.691. The van der Waals surface area contributed by atoms with Crippen LogP contribution in [0.5, 0.6) is 0 Å². The Hall–Kier alpha value is -1.62. The SMILES string of the molecule is CCOC(=O)/C=C1/CSC(C2=CC=CC(C)C2=O)=N1. The number of Topliss-reactive ketones (excluding diaryl/α,β-unsaturated/α-hetero) is 1. The molecule has 1 unspecified atom stereocenters. The van der Waals surface area contributed by atoms with Crippen LogP contribution in [0.2, 0.25) is 0 Å². The van der Waals surface area contributed by atoms with Gasteiger partial charge in [0.15, 0.2) is 5.78 Å². The van der Waals surface area contributed by atoms with Gasteiger partial charge in [-0.05, 0) is 13.0 Å². The largest absolute Gasteiger partial charge is 0.463 e. The lowest BCUT2D eigenvalue weighted by Gasteiger charge is -2.12. The Kier molecular flexibility index (Phi) is 4.37. The lowest BCUT2D eigenvalue weighted by Crippen LogP contribution is -2.18. The predicted octanol–water partition coefficient (Wildman–Crippen LogP) is 2.28. The highest BCUT2D eigenvalue weighted by molar-refractivity contribution is 8.15. The number of thioether (sulfide) groups is 1. The molecule has 1 aliphatic carbocycles. The van der Waals surface area contributed by atoms with Crippen LogP contribution in [0.25, 0.3) is 0 Å². The maximum atomic E-state index is 12.0. The molecule has 0 bridgehead atoms. The Labute approximate surface area is 116 Å². The van der Waals surface area contributed by atoms with E-state index in [9.17, 15) is 9.59 Å². The van der Waals surface area contributed by atoms with Gasteiger partial charge in [-0.25, -0.2) is 9.79 Å². The van der Waals surface area contributed by atoms with Gasteiger partial charge in [-0.15, -0.1) is 0 Å². The summed E-state index contributed by atoms with van der Waals surface area (Å²) in [5.74, 6) is 0.171. The standard InChI is InChI=1S/C14H15NO3S/c1-3-18-12(16)7-10-8-19-14(15-10)11-6-4-5-9(2)13(11)17/h4-7,9H,3,8H2,1-2H3/b10-7-. The van der Waals surface area contributed by atoms with Crippen molar-refractivity contribution in [1.82, 2.24) is 0 Å². The van der Waals surface area contributed by atoms with Crippen molar-refractivity contribution in [3.8, 4) is 0 Å². The number of rotatable bonds is 3. The predicted molar refractivity (Wildman–Crippen MR) is 76.0 cm³/mol. The van der Waals surface area contributed by atoms with Gasteiger partial charge in [0, 0.05) is 17.7 Å². The first-order valence-corrected chi connectivity index (χ1v) is 7.12. The van der Waals surface area contributed by atoms with Crippen molar-refractivity contribution in [3.63, 3.8) is 0 Å². The third-order valence-corrected chi connectivity index (χ3v) is 3.77. The van der Waals surface area contributed by atoms with Crippen LogP contribution in [0.1, 0.15) is 13.8 Å². The van der Waals surface area contributed by atoms with E-state index in [1.165, 1.54) is 17.8 Å². The molecule has 0 aromatic heterocycles. The topological polar surface area (TPSA) is 55.7 Å². The van der Waals surface area contributed by atoms with Gasteiger partial charge < -0.3 is 4.74 Å². The number of carbonyl (C=O) groups excluding carboxylic acids is 2. The molecule has 5 heteroatoms. The minimum absolute atomic E-state index is 0.0751. The number of allylic oxidation sites excluding steroid dienone is 3. The molecule has 0 spiro atoms. The summed E-state index contributed by atoms with van der Waals surface area (Å²) in [6.45, 7) is 3.97. The van der Waals surface area contributed by atoms with Gasteiger partial charge in [-0.3, -0.25) is 4.79 Å². The molecule has 0 aromatic rings. The second-order valence-corrected chi connectivity index (χ2v) is 5.18. The molecule has 2 rings (SSSR count). The normalized spacial score (nSPS) is 24.4. The van der Waals surface area contributed by atoms with Gasteiger partial charge >= 0.3 is 5.97 Å². The van der Waals surface area contributed by atoms with Gasteiger partial charge in [0.05, 0.1) is 17.9 Å². The van der Waals surface area contributed by atoms with Gasteiger partial charge in [0.1, 0.15) is 5.04 Å². The molecule has 2 aliphatic rings. The number of esters is 1. The minimum Gasteiger partial charge on any atom is -0.463 e. The first-order valence-electron chi connectivity index (χ1n) is 6.13. The van der Waals surface area contributed by atoms with E-state index in [2.05, 4.69) is 4.99 Å². The zero-order chi connectivity index (χ0) is 13.8. The molecule has 0 radical (unpaired) electrons. The summed E-state index contributed by atoms with van der Waals surface area (Å²) in [4.78, 5) is 27.7. The van der Waals surface area contributed by atoms with E-state index in [-0.39, 0.29) is 17.7 Å². The molecule has 1 heterocycles. The highest BCUT2D eigenvalue weighted by Crippen LogP contribution is 2.29. The highest BCUT2D eigenvalue weighted by atomic mass is 32.2. The molecule has 1 aliphatic heterocycles. The van der Waals surface area contributed by atoms with Crippen molar-refractivity contribution < 1.29 is 14.3 Å². The van der Waals surface area contributed by atoms with Crippen LogP contribution in [0.3, 0.4) is 0 Å². The fraction of sp³-hybridized carbons (Fsp3) is 0.357. The molecule has 19 heavy (non-hydrogen) atoms. The molecule has 0 amide bonds. The van der Waals surface area contributed by atoms with E-state index in [1.807, 2.05) is 19.1 Å². The van der Waals surface area contributed by atoms with Crippen LogP contribution in [-0.4, -0.2) is 29.2 Å². The molecule has 0 N–H and O–H groups in total. The molecule has 0 saturated carbocycles. The number of nitrogens with zero attached hydrogens (tertiary/aromatic N) is 1. The van der Waals surface area contributed by atoms with Crippen LogP contribution in [0, 0.1) is 5.92 Å². The van der Waals surface area contributed by atoms with E-state index in [0.29, 0.717) is 28.7 Å². The first kappa shape index (κ1) is 13.8. The van der Waals surface area contributed by atoms with E-state index in [4.69, 9.17) is 4.74 Å². The number of aliphatic imine (C=N–C) groups is 1. The Bertz CT molecular complexity index is 529.